The zero-order valence-electron chi connectivity index (χ0n) is 18.0. The van der Waals surface area contributed by atoms with Crippen LogP contribution in [0.2, 0.25) is 0 Å². The van der Waals surface area contributed by atoms with E-state index in [2.05, 4.69) is 30.4 Å². The molecular formula is C22H21F2N7O2S. The van der Waals surface area contributed by atoms with Crippen molar-refractivity contribution < 1.29 is 17.2 Å². The first-order valence-corrected chi connectivity index (χ1v) is 12.6. The Labute approximate surface area is 193 Å². The van der Waals surface area contributed by atoms with Crippen molar-refractivity contribution in [2.75, 3.05) is 12.3 Å². The second-order valence-electron chi connectivity index (χ2n) is 8.78. The van der Waals surface area contributed by atoms with Gasteiger partial charge < -0.3 is 4.98 Å². The first kappa shape index (κ1) is 21.3. The molecule has 2 atom stereocenters. The van der Waals surface area contributed by atoms with Gasteiger partial charge in [-0.3, -0.25) is 10.00 Å². The average Bonchev–Trinajstić information content (AvgIpc) is 3.59. The van der Waals surface area contributed by atoms with Crippen LogP contribution in [0.1, 0.15) is 24.1 Å². The van der Waals surface area contributed by atoms with Crippen LogP contribution in [0.3, 0.4) is 0 Å². The Morgan fingerprint density at radius 2 is 2.18 bits per heavy atom. The number of sulfone groups is 1. The first-order chi connectivity index (χ1) is 16.4. The molecule has 6 rings (SSSR count). The quantitative estimate of drug-likeness (QED) is 0.417. The molecular weight excluding hydrogens is 464 g/mol. The van der Waals surface area contributed by atoms with Gasteiger partial charge in [-0.1, -0.05) is 0 Å². The van der Waals surface area contributed by atoms with Crippen molar-refractivity contribution in [2.24, 2.45) is 0 Å². The Kier molecular flexibility index (Phi) is 4.78. The van der Waals surface area contributed by atoms with Crippen LogP contribution in [0.4, 0.5) is 8.78 Å². The van der Waals surface area contributed by atoms with E-state index in [1.165, 1.54) is 12.4 Å². The van der Waals surface area contributed by atoms with Gasteiger partial charge in [-0.25, -0.2) is 32.2 Å². The number of hydrogen-bond donors (Lipinski definition) is 2. The molecule has 1 saturated heterocycles. The Morgan fingerprint density at radius 3 is 3.00 bits per heavy atom. The SMILES string of the molecule is O=S1(=O)CCc2cc(F)c([C@@]3(CCn4cc(-c5ncnc6[nH]ccc56)cn4)CCNC3F)nc21. The maximum Gasteiger partial charge on any atom is 0.196 e. The number of fused-ring (bicyclic) bond motifs is 2. The van der Waals surface area contributed by atoms with Gasteiger partial charge in [0.2, 0.25) is 0 Å². The van der Waals surface area contributed by atoms with Gasteiger partial charge in [0.1, 0.15) is 17.8 Å². The summed E-state index contributed by atoms with van der Waals surface area (Å²) >= 11 is 0. The third-order valence-corrected chi connectivity index (χ3v) is 8.53. The number of aromatic nitrogens is 6. The van der Waals surface area contributed by atoms with Gasteiger partial charge in [0.25, 0.3) is 0 Å². The highest BCUT2D eigenvalue weighted by molar-refractivity contribution is 7.91. The lowest BCUT2D eigenvalue weighted by molar-refractivity contribution is 0.171. The minimum Gasteiger partial charge on any atom is -0.346 e. The zero-order valence-corrected chi connectivity index (χ0v) is 18.8. The van der Waals surface area contributed by atoms with Crippen molar-refractivity contribution in [2.45, 2.75) is 42.5 Å². The molecule has 0 aliphatic carbocycles. The number of pyridine rings is 1. The molecule has 176 valence electrons. The van der Waals surface area contributed by atoms with E-state index >= 15 is 8.78 Å². The lowest BCUT2D eigenvalue weighted by Crippen LogP contribution is -2.40. The standard InChI is InChI=1S/C22H21F2N7O2S/c23-16-9-13-2-8-34(32,33)20(13)30-18(16)22(3-6-26-21(22)24)4-7-31-11-14(10-29-31)17-15-1-5-25-19(15)28-12-27-17/h1,5,9-12,21,26H,2-4,6-8H2,(H,25,27,28)/t21?,22-/m0/s1. The van der Waals surface area contributed by atoms with Gasteiger partial charge in [0.15, 0.2) is 21.2 Å². The van der Waals surface area contributed by atoms with Crippen LogP contribution in [-0.4, -0.2) is 56.7 Å². The van der Waals surface area contributed by atoms with E-state index in [-0.39, 0.29) is 35.9 Å². The third kappa shape index (κ3) is 3.23. The summed E-state index contributed by atoms with van der Waals surface area (Å²) in [6, 6.07) is 3.09. The second kappa shape index (κ2) is 7.64. The molecule has 2 aliphatic rings. The largest absolute Gasteiger partial charge is 0.346 e. The highest BCUT2D eigenvalue weighted by atomic mass is 32.2. The van der Waals surface area contributed by atoms with Crippen LogP contribution in [0.15, 0.2) is 42.1 Å². The van der Waals surface area contributed by atoms with E-state index in [0.29, 0.717) is 24.2 Å². The summed E-state index contributed by atoms with van der Waals surface area (Å²) in [7, 11) is -3.58. The first-order valence-electron chi connectivity index (χ1n) is 11.0. The summed E-state index contributed by atoms with van der Waals surface area (Å²) in [5, 5.41) is 7.86. The van der Waals surface area contributed by atoms with Gasteiger partial charge >= 0.3 is 0 Å². The molecule has 2 N–H and O–H groups in total. The number of hydrogen-bond acceptors (Lipinski definition) is 7. The average molecular weight is 486 g/mol. The van der Waals surface area contributed by atoms with Crippen molar-refractivity contribution in [3.8, 4) is 11.3 Å². The van der Waals surface area contributed by atoms with E-state index in [1.807, 2.05) is 6.07 Å². The van der Waals surface area contributed by atoms with Gasteiger partial charge in [0.05, 0.1) is 28.8 Å². The minimum atomic E-state index is -3.58. The van der Waals surface area contributed by atoms with E-state index in [9.17, 15) is 8.42 Å². The zero-order chi connectivity index (χ0) is 23.5. The van der Waals surface area contributed by atoms with Crippen LogP contribution >= 0.6 is 0 Å². The Morgan fingerprint density at radius 1 is 1.29 bits per heavy atom. The van der Waals surface area contributed by atoms with Crippen LogP contribution in [0.5, 0.6) is 0 Å². The normalized spacial score (nSPS) is 23.5. The number of nitrogens with zero attached hydrogens (tertiary/aromatic N) is 5. The Balaban J connectivity index is 1.33. The van der Waals surface area contributed by atoms with Crippen LogP contribution < -0.4 is 5.32 Å². The maximum absolute atomic E-state index is 15.2. The van der Waals surface area contributed by atoms with Crippen molar-refractivity contribution in [3.63, 3.8) is 0 Å². The summed E-state index contributed by atoms with van der Waals surface area (Å²) in [5.74, 6) is -0.769. The summed E-state index contributed by atoms with van der Waals surface area (Å²) in [4.78, 5) is 15.8. The molecule has 4 aromatic rings. The van der Waals surface area contributed by atoms with Gasteiger partial charge in [-0.05, 0) is 43.5 Å². The lowest BCUT2D eigenvalue weighted by Gasteiger charge is -2.31. The molecule has 0 spiro atoms. The van der Waals surface area contributed by atoms with E-state index in [1.54, 1.807) is 23.3 Å². The fourth-order valence-electron chi connectivity index (χ4n) is 5.03. The number of alkyl halides is 1. The molecule has 6 heterocycles. The molecule has 0 radical (unpaired) electrons. The maximum atomic E-state index is 15.2. The number of aromatic amines is 1. The number of H-pyrrole nitrogens is 1. The lowest BCUT2D eigenvalue weighted by atomic mass is 9.78. The fourth-order valence-corrected chi connectivity index (χ4v) is 6.50. The van der Waals surface area contributed by atoms with Crippen molar-refractivity contribution in [1.29, 1.82) is 0 Å². The molecule has 1 fully saturated rings. The summed E-state index contributed by atoms with van der Waals surface area (Å²) in [6.45, 7) is 0.622. The summed E-state index contributed by atoms with van der Waals surface area (Å²) in [5.41, 5.74) is 1.13. The molecule has 34 heavy (non-hydrogen) atoms. The smallest absolute Gasteiger partial charge is 0.196 e. The van der Waals surface area contributed by atoms with Crippen molar-refractivity contribution in [1.82, 2.24) is 35.0 Å². The molecule has 12 heteroatoms. The van der Waals surface area contributed by atoms with Gasteiger partial charge in [-0.2, -0.15) is 5.10 Å². The number of aryl methyl sites for hydroxylation is 2. The summed E-state index contributed by atoms with van der Waals surface area (Å²) in [6.07, 6.45) is 5.86. The number of rotatable bonds is 5. The Bertz CT molecular complexity index is 1520. The minimum absolute atomic E-state index is 0.101. The topological polar surface area (TPSA) is 118 Å². The monoisotopic (exact) mass is 485 g/mol. The predicted octanol–water partition coefficient (Wildman–Crippen LogP) is 2.30. The van der Waals surface area contributed by atoms with Crippen LogP contribution in [0, 0.1) is 5.82 Å². The number of halogens is 2. The van der Waals surface area contributed by atoms with E-state index in [4.69, 9.17) is 0 Å². The van der Waals surface area contributed by atoms with E-state index < -0.39 is 27.4 Å². The molecule has 1 unspecified atom stereocenters. The van der Waals surface area contributed by atoms with Crippen molar-refractivity contribution in [3.05, 3.63) is 54.1 Å². The highest BCUT2D eigenvalue weighted by Gasteiger charge is 2.48. The molecule has 0 aromatic carbocycles. The van der Waals surface area contributed by atoms with Gasteiger partial charge in [-0.15, -0.1) is 0 Å². The predicted molar refractivity (Wildman–Crippen MR) is 119 cm³/mol. The molecule has 9 nitrogen and oxygen atoms in total. The third-order valence-electron chi connectivity index (χ3n) is 6.85. The highest BCUT2D eigenvalue weighted by Crippen LogP contribution is 2.42. The molecule has 2 aliphatic heterocycles. The van der Waals surface area contributed by atoms with Crippen LogP contribution in [0.25, 0.3) is 22.3 Å². The Hall–Kier alpha value is -3.25. The van der Waals surface area contributed by atoms with Crippen molar-refractivity contribution >= 4 is 20.9 Å². The second-order valence-corrected chi connectivity index (χ2v) is 10.8. The number of nitrogens with one attached hydrogen (secondary N) is 2. The van der Waals surface area contributed by atoms with Crippen LogP contribution in [-0.2, 0) is 28.2 Å². The molecule has 0 bridgehead atoms. The summed E-state index contributed by atoms with van der Waals surface area (Å²) < 4.78 is 56.8. The van der Waals surface area contributed by atoms with E-state index in [0.717, 1.165) is 16.6 Å². The molecule has 4 aromatic heterocycles. The molecule has 0 amide bonds. The fraction of sp³-hybridized carbons (Fsp3) is 0.364. The van der Waals surface area contributed by atoms with Gasteiger partial charge in [0, 0.05) is 29.9 Å². The molecule has 0 saturated carbocycles.